The Hall–Kier alpha value is -1.30. The monoisotopic (exact) mass is 215 g/mol. The summed E-state index contributed by atoms with van der Waals surface area (Å²) in [7, 11) is 1.78. The first-order valence-electron chi connectivity index (χ1n) is 5.66. The summed E-state index contributed by atoms with van der Waals surface area (Å²) < 4.78 is 5.44. The molecule has 2 nitrogen and oxygen atoms in total. The molecule has 1 aliphatic heterocycles. The lowest BCUT2D eigenvalue weighted by Gasteiger charge is -2.22. The molecule has 0 aromatic heterocycles. The van der Waals surface area contributed by atoms with Gasteiger partial charge in [0.25, 0.3) is 0 Å². The summed E-state index contributed by atoms with van der Waals surface area (Å²) in [4.78, 5) is 2.36. The molecule has 1 aromatic rings. The summed E-state index contributed by atoms with van der Waals surface area (Å²) in [5.41, 5.74) is 2.21. The van der Waals surface area contributed by atoms with Crippen LogP contribution in [0.25, 0.3) is 0 Å². The molecule has 1 fully saturated rings. The highest BCUT2D eigenvalue weighted by Gasteiger charge is 2.23. The second-order valence-corrected chi connectivity index (χ2v) is 4.15. The van der Waals surface area contributed by atoms with Gasteiger partial charge in [0, 0.05) is 25.8 Å². The Balaban J connectivity index is 2.06. The SMILES string of the molecule is C#Cc1cccc(CN2CCC[C@@H]2OC)c1. The third kappa shape index (κ3) is 2.44. The Morgan fingerprint density at radius 2 is 2.44 bits per heavy atom. The van der Waals surface area contributed by atoms with Crippen molar-refractivity contribution >= 4 is 0 Å². The lowest BCUT2D eigenvalue weighted by molar-refractivity contribution is -0.00815. The first-order valence-corrected chi connectivity index (χ1v) is 5.66. The van der Waals surface area contributed by atoms with Crippen LogP contribution in [0.1, 0.15) is 24.0 Å². The molecule has 1 heterocycles. The van der Waals surface area contributed by atoms with Gasteiger partial charge >= 0.3 is 0 Å². The van der Waals surface area contributed by atoms with Crippen LogP contribution in [0.4, 0.5) is 0 Å². The van der Waals surface area contributed by atoms with Crippen LogP contribution in [0.15, 0.2) is 24.3 Å². The largest absolute Gasteiger partial charge is 0.366 e. The van der Waals surface area contributed by atoms with E-state index in [0.717, 1.165) is 25.1 Å². The van der Waals surface area contributed by atoms with Crippen molar-refractivity contribution in [1.82, 2.24) is 4.90 Å². The van der Waals surface area contributed by atoms with Crippen LogP contribution in [-0.4, -0.2) is 24.8 Å². The number of hydrogen-bond acceptors (Lipinski definition) is 2. The molecular weight excluding hydrogens is 198 g/mol. The average Bonchev–Trinajstić information content (AvgIpc) is 2.76. The molecule has 1 aliphatic rings. The third-order valence-electron chi connectivity index (χ3n) is 3.06. The summed E-state index contributed by atoms with van der Waals surface area (Å²) in [6, 6.07) is 8.17. The van der Waals surface area contributed by atoms with Crippen LogP contribution in [-0.2, 0) is 11.3 Å². The van der Waals surface area contributed by atoms with Gasteiger partial charge in [-0.2, -0.15) is 0 Å². The van der Waals surface area contributed by atoms with Crippen molar-refractivity contribution in [3.8, 4) is 12.3 Å². The summed E-state index contributed by atoms with van der Waals surface area (Å²) >= 11 is 0. The van der Waals surface area contributed by atoms with Gasteiger partial charge in [-0.25, -0.2) is 0 Å². The molecule has 0 amide bonds. The molecule has 2 heteroatoms. The zero-order valence-electron chi connectivity index (χ0n) is 9.65. The predicted octanol–water partition coefficient (Wildman–Crippen LogP) is 2.24. The van der Waals surface area contributed by atoms with Crippen LogP contribution in [0.3, 0.4) is 0 Å². The van der Waals surface area contributed by atoms with Crippen molar-refractivity contribution in [1.29, 1.82) is 0 Å². The molecule has 0 aliphatic carbocycles. The van der Waals surface area contributed by atoms with E-state index >= 15 is 0 Å². The molecular formula is C14H17NO. The van der Waals surface area contributed by atoms with E-state index < -0.39 is 0 Å². The second kappa shape index (κ2) is 5.16. The molecule has 1 saturated heterocycles. The molecule has 16 heavy (non-hydrogen) atoms. The molecule has 0 spiro atoms. The van der Waals surface area contributed by atoms with Crippen LogP contribution < -0.4 is 0 Å². The Morgan fingerprint density at radius 3 is 3.19 bits per heavy atom. The van der Waals surface area contributed by atoms with Crippen molar-refractivity contribution in [2.45, 2.75) is 25.6 Å². The first-order chi connectivity index (χ1) is 7.83. The fraction of sp³-hybridized carbons (Fsp3) is 0.429. The van der Waals surface area contributed by atoms with Crippen molar-refractivity contribution in [3.05, 3.63) is 35.4 Å². The minimum Gasteiger partial charge on any atom is -0.366 e. The van der Waals surface area contributed by atoms with Gasteiger partial charge in [-0.3, -0.25) is 4.90 Å². The van der Waals surface area contributed by atoms with E-state index in [1.54, 1.807) is 7.11 Å². The van der Waals surface area contributed by atoms with Crippen molar-refractivity contribution in [2.24, 2.45) is 0 Å². The Bertz CT molecular complexity index is 394. The number of nitrogens with zero attached hydrogens (tertiary/aromatic N) is 1. The fourth-order valence-corrected chi connectivity index (χ4v) is 2.24. The topological polar surface area (TPSA) is 12.5 Å². The molecule has 84 valence electrons. The van der Waals surface area contributed by atoms with Gasteiger partial charge in [-0.1, -0.05) is 18.1 Å². The number of ether oxygens (including phenoxy) is 1. The van der Waals surface area contributed by atoms with E-state index in [2.05, 4.69) is 23.0 Å². The third-order valence-corrected chi connectivity index (χ3v) is 3.06. The number of rotatable bonds is 3. The average molecular weight is 215 g/mol. The smallest absolute Gasteiger partial charge is 0.110 e. The minimum atomic E-state index is 0.273. The maximum absolute atomic E-state index is 5.44. The molecule has 0 N–H and O–H groups in total. The van der Waals surface area contributed by atoms with Gasteiger partial charge in [-0.15, -0.1) is 6.42 Å². The maximum atomic E-state index is 5.44. The Morgan fingerprint density at radius 1 is 1.56 bits per heavy atom. The molecule has 0 bridgehead atoms. The van der Waals surface area contributed by atoms with E-state index in [1.807, 2.05) is 12.1 Å². The van der Waals surface area contributed by atoms with Crippen molar-refractivity contribution < 1.29 is 4.74 Å². The van der Waals surface area contributed by atoms with Gasteiger partial charge in [0.15, 0.2) is 0 Å². The van der Waals surface area contributed by atoms with E-state index in [-0.39, 0.29) is 6.23 Å². The lowest BCUT2D eigenvalue weighted by Crippen LogP contribution is -2.30. The number of hydrogen-bond donors (Lipinski definition) is 0. The fourth-order valence-electron chi connectivity index (χ4n) is 2.24. The van der Waals surface area contributed by atoms with E-state index in [1.165, 1.54) is 12.0 Å². The lowest BCUT2D eigenvalue weighted by atomic mass is 10.1. The minimum absolute atomic E-state index is 0.273. The molecule has 2 rings (SSSR count). The van der Waals surface area contributed by atoms with Gasteiger partial charge in [0.05, 0.1) is 0 Å². The first kappa shape index (κ1) is 11.2. The van der Waals surface area contributed by atoms with E-state index in [0.29, 0.717) is 0 Å². The maximum Gasteiger partial charge on any atom is 0.110 e. The Labute approximate surface area is 97.2 Å². The summed E-state index contributed by atoms with van der Waals surface area (Å²) in [5.74, 6) is 2.67. The van der Waals surface area contributed by atoms with Crippen molar-refractivity contribution in [3.63, 3.8) is 0 Å². The summed E-state index contributed by atoms with van der Waals surface area (Å²) in [6.07, 6.45) is 8.01. The highest BCUT2D eigenvalue weighted by Crippen LogP contribution is 2.20. The van der Waals surface area contributed by atoms with Gasteiger partial charge in [0.1, 0.15) is 6.23 Å². The molecule has 1 atom stereocenters. The van der Waals surface area contributed by atoms with Crippen molar-refractivity contribution in [2.75, 3.05) is 13.7 Å². The van der Waals surface area contributed by atoms with Crippen LogP contribution in [0.2, 0.25) is 0 Å². The van der Waals surface area contributed by atoms with Gasteiger partial charge in [-0.05, 0) is 30.5 Å². The summed E-state index contributed by atoms with van der Waals surface area (Å²) in [6.45, 7) is 2.03. The summed E-state index contributed by atoms with van der Waals surface area (Å²) in [5, 5.41) is 0. The normalized spacial score (nSPS) is 20.9. The van der Waals surface area contributed by atoms with Crippen LogP contribution >= 0.6 is 0 Å². The van der Waals surface area contributed by atoms with Crippen LogP contribution in [0.5, 0.6) is 0 Å². The Kier molecular flexibility index (Phi) is 3.61. The van der Waals surface area contributed by atoms with Gasteiger partial charge < -0.3 is 4.74 Å². The number of methoxy groups -OCH3 is 1. The molecule has 0 unspecified atom stereocenters. The highest BCUT2D eigenvalue weighted by atomic mass is 16.5. The number of likely N-dealkylation sites (tertiary alicyclic amines) is 1. The highest BCUT2D eigenvalue weighted by molar-refractivity contribution is 5.35. The van der Waals surface area contributed by atoms with Crippen LogP contribution in [0, 0.1) is 12.3 Å². The number of terminal acetylenes is 1. The second-order valence-electron chi connectivity index (χ2n) is 4.15. The molecule has 0 saturated carbocycles. The zero-order valence-corrected chi connectivity index (χ0v) is 9.65. The standard InChI is InChI=1S/C14H17NO/c1-3-12-6-4-7-13(10-12)11-15-9-5-8-14(15)16-2/h1,4,6-7,10,14H,5,8-9,11H2,2H3/t14-/m0/s1. The van der Waals surface area contributed by atoms with E-state index in [9.17, 15) is 0 Å². The quantitative estimate of drug-likeness (QED) is 0.717. The predicted molar refractivity (Wildman–Crippen MR) is 64.8 cm³/mol. The molecule has 1 aromatic carbocycles. The molecule has 0 radical (unpaired) electrons. The zero-order chi connectivity index (χ0) is 11.4. The number of benzene rings is 1. The van der Waals surface area contributed by atoms with E-state index in [4.69, 9.17) is 11.2 Å². The van der Waals surface area contributed by atoms with Gasteiger partial charge in [0.2, 0.25) is 0 Å².